The van der Waals surface area contributed by atoms with E-state index in [2.05, 4.69) is 14.9 Å². The molecule has 0 bridgehead atoms. The Morgan fingerprint density at radius 3 is 2.56 bits per heavy atom. The second-order valence-electron chi connectivity index (χ2n) is 5.52. The van der Waals surface area contributed by atoms with E-state index in [1.165, 1.54) is 0 Å². The number of methoxy groups -OCH3 is 1. The number of sulfonamides is 1. The minimum atomic E-state index is -3.71. The highest BCUT2D eigenvalue weighted by atomic mass is 35.5. The number of rotatable bonds is 7. The van der Waals surface area contributed by atoms with E-state index in [1.807, 2.05) is 0 Å². The van der Waals surface area contributed by atoms with Gasteiger partial charge in [-0.3, -0.25) is 0 Å². The summed E-state index contributed by atoms with van der Waals surface area (Å²) < 4.78 is 37.3. The number of halogens is 2. The van der Waals surface area contributed by atoms with Gasteiger partial charge in [-0.1, -0.05) is 46.6 Å². The first-order chi connectivity index (χ1) is 12.9. The van der Waals surface area contributed by atoms with Gasteiger partial charge in [0.05, 0.1) is 19.4 Å². The summed E-state index contributed by atoms with van der Waals surface area (Å²) in [7, 11) is -2.15. The van der Waals surface area contributed by atoms with Crippen LogP contribution in [-0.4, -0.2) is 25.7 Å². The number of aromatic nitrogens is 2. The maximum absolute atomic E-state index is 12.3. The first-order valence-corrected chi connectivity index (χ1v) is 10.2. The van der Waals surface area contributed by atoms with Crippen molar-refractivity contribution in [1.29, 1.82) is 0 Å². The third kappa shape index (κ3) is 4.98. The third-order valence-corrected chi connectivity index (χ3v) is 5.60. The van der Waals surface area contributed by atoms with Crippen LogP contribution < -0.4 is 9.46 Å². The van der Waals surface area contributed by atoms with Gasteiger partial charge in [0, 0.05) is 21.2 Å². The molecule has 0 aliphatic heterocycles. The Labute approximate surface area is 166 Å². The fraction of sp³-hybridized carbons (Fsp3) is 0.176. The van der Waals surface area contributed by atoms with Gasteiger partial charge in [0.1, 0.15) is 5.75 Å². The summed E-state index contributed by atoms with van der Waals surface area (Å²) in [6, 6.07) is 11.9. The molecule has 0 amide bonds. The number of ether oxygens (including phenoxy) is 1. The molecule has 10 heteroatoms. The smallest absolute Gasteiger partial charge is 0.242 e. The van der Waals surface area contributed by atoms with Crippen LogP contribution in [0.4, 0.5) is 0 Å². The molecule has 3 rings (SSSR count). The van der Waals surface area contributed by atoms with Gasteiger partial charge in [0.2, 0.25) is 21.7 Å². The first kappa shape index (κ1) is 19.6. The molecule has 0 saturated carbocycles. The van der Waals surface area contributed by atoms with Crippen LogP contribution in [0.1, 0.15) is 11.5 Å². The van der Waals surface area contributed by atoms with Crippen LogP contribution in [0.15, 0.2) is 47.0 Å². The van der Waals surface area contributed by atoms with E-state index < -0.39 is 10.0 Å². The summed E-state index contributed by atoms with van der Waals surface area (Å²) >= 11 is 12.0. The molecular weight excluding hydrogens is 413 g/mol. The van der Waals surface area contributed by atoms with E-state index in [0.29, 0.717) is 22.7 Å². The number of benzene rings is 2. The Morgan fingerprint density at radius 1 is 1.15 bits per heavy atom. The molecule has 2 aromatic carbocycles. The average Bonchev–Trinajstić information content (AvgIpc) is 3.13. The van der Waals surface area contributed by atoms with Crippen LogP contribution in [0, 0.1) is 0 Å². The maximum Gasteiger partial charge on any atom is 0.242 e. The fourth-order valence-electron chi connectivity index (χ4n) is 2.29. The molecule has 0 saturated heterocycles. The van der Waals surface area contributed by atoms with Crippen LogP contribution in [-0.2, 0) is 22.3 Å². The molecule has 0 aliphatic carbocycles. The van der Waals surface area contributed by atoms with E-state index in [1.54, 1.807) is 49.6 Å². The second-order valence-corrected chi connectivity index (χ2v) is 8.15. The van der Waals surface area contributed by atoms with Gasteiger partial charge < -0.3 is 9.26 Å². The predicted molar refractivity (Wildman–Crippen MR) is 102 cm³/mol. The summed E-state index contributed by atoms with van der Waals surface area (Å²) in [5.41, 5.74) is 1.02. The first-order valence-electron chi connectivity index (χ1n) is 7.75. The van der Waals surface area contributed by atoms with Crippen molar-refractivity contribution in [2.45, 2.75) is 12.3 Å². The molecule has 7 nitrogen and oxygen atoms in total. The molecule has 1 N–H and O–H groups in total. The van der Waals surface area contributed by atoms with Crippen LogP contribution in [0.25, 0.3) is 11.4 Å². The number of nitrogens with zero attached hydrogens (tertiary/aromatic N) is 2. The highest BCUT2D eigenvalue weighted by molar-refractivity contribution is 7.88. The lowest BCUT2D eigenvalue weighted by molar-refractivity contribution is 0.376. The molecule has 1 heterocycles. The van der Waals surface area contributed by atoms with Gasteiger partial charge in [0.15, 0.2) is 0 Å². The third-order valence-electron chi connectivity index (χ3n) is 3.64. The SMILES string of the molecule is COc1cccc(-c2noc(CNS(=O)(=O)Cc3c(Cl)cccc3Cl)n2)c1. The van der Waals surface area contributed by atoms with Crippen molar-refractivity contribution < 1.29 is 17.7 Å². The summed E-state index contributed by atoms with van der Waals surface area (Å²) in [6.07, 6.45) is 0. The lowest BCUT2D eigenvalue weighted by Crippen LogP contribution is -2.25. The summed E-state index contributed by atoms with van der Waals surface area (Å²) in [6.45, 7) is -0.151. The molecule has 0 fully saturated rings. The van der Waals surface area contributed by atoms with Crippen molar-refractivity contribution in [2.75, 3.05) is 7.11 Å². The Bertz CT molecular complexity index is 1030. The zero-order chi connectivity index (χ0) is 19.4. The van der Waals surface area contributed by atoms with Crippen molar-refractivity contribution in [3.05, 3.63) is 64.0 Å². The lowest BCUT2D eigenvalue weighted by atomic mass is 10.2. The summed E-state index contributed by atoms with van der Waals surface area (Å²) in [4.78, 5) is 4.19. The second kappa shape index (κ2) is 8.26. The topological polar surface area (TPSA) is 94.3 Å². The van der Waals surface area contributed by atoms with Gasteiger partial charge in [0.25, 0.3) is 0 Å². The standard InChI is InChI=1S/C17H15Cl2N3O4S/c1-25-12-5-2-4-11(8-12)17-21-16(26-22-17)9-20-27(23,24)10-13-14(18)6-3-7-15(13)19/h2-8,20H,9-10H2,1H3. The Hall–Kier alpha value is -2.13. The highest BCUT2D eigenvalue weighted by Gasteiger charge is 2.18. The molecule has 27 heavy (non-hydrogen) atoms. The molecule has 0 spiro atoms. The Kier molecular flexibility index (Phi) is 6.01. The van der Waals surface area contributed by atoms with Crippen molar-refractivity contribution in [1.82, 2.24) is 14.9 Å². The lowest BCUT2D eigenvalue weighted by Gasteiger charge is -2.08. The minimum Gasteiger partial charge on any atom is -0.497 e. The molecule has 0 radical (unpaired) electrons. The zero-order valence-corrected chi connectivity index (χ0v) is 16.5. The predicted octanol–water partition coefficient (Wildman–Crippen LogP) is 3.67. The molecule has 142 valence electrons. The van der Waals surface area contributed by atoms with Gasteiger partial charge in [-0.25, -0.2) is 13.1 Å². The molecule has 3 aromatic rings. The Morgan fingerprint density at radius 2 is 1.85 bits per heavy atom. The molecular formula is C17H15Cl2N3O4S. The van der Waals surface area contributed by atoms with Crippen molar-refractivity contribution in [3.8, 4) is 17.1 Å². The van der Waals surface area contributed by atoms with E-state index in [9.17, 15) is 8.42 Å². The van der Waals surface area contributed by atoms with Crippen LogP contribution >= 0.6 is 23.2 Å². The van der Waals surface area contributed by atoms with Crippen LogP contribution in [0.2, 0.25) is 10.0 Å². The van der Waals surface area contributed by atoms with Gasteiger partial charge in [-0.15, -0.1) is 0 Å². The fourth-order valence-corrected chi connectivity index (χ4v) is 4.12. The van der Waals surface area contributed by atoms with Crippen molar-refractivity contribution in [3.63, 3.8) is 0 Å². The quantitative estimate of drug-likeness (QED) is 0.617. The van der Waals surface area contributed by atoms with E-state index in [0.717, 1.165) is 0 Å². The largest absolute Gasteiger partial charge is 0.497 e. The Balaban J connectivity index is 1.69. The number of hydrogen-bond acceptors (Lipinski definition) is 6. The maximum atomic E-state index is 12.3. The van der Waals surface area contributed by atoms with Crippen molar-refractivity contribution >= 4 is 33.2 Å². The number of hydrogen-bond donors (Lipinski definition) is 1. The normalized spacial score (nSPS) is 11.5. The van der Waals surface area contributed by atoms with Gasteiger partial charge >= 0.3 is 0 Å². The van der Waals surface area contributed by atoms with E-state index in [4.69, 9.17) is 32.5 Å². The van der Waals surface area contributed by atoms with E-state index >= 15 is 0 Å². The molecule has 0 aliphatic rings. The van der Waals surface area contributed by atoms with Crippen molar-refractivity contribution in [2.24, 2.45) is 0 Å². The zero-order valence-electron chi connectivity index (χ0n) is 14.1. The monoisotopic (exact) mass is 427 g/mol. The highest BCUT2D eigenvalue weighted by Crippen LogP contribution is 2.26. The molecule has 0 atom stereocenters. The summed E-state index contributed by atoms with van der Waals surface area (Å²) in [5, 5.41) is 4.42. The number of nitrogens with one attached hydrogen (secondary N) is 1. The van der Waals surface area contributed by atoms with Crippen LogP contribution in [0.3, 0.4) is 0 Å². The average molecular weight is 428 g/mol. The van der Waals surface area contributed by atoms with Crippen LogP contribution in [0.5, 0.6) is 5.75 Å². The van der Waals surface area contributed by atoms with Gasteiger partial charge in [-0.2, -0.15) is 4.98 Å². The summed E-state index contributed by atoms with van der Waals surface area (Å²) in [5.74, 6) is 0.748. The minimum absolute atomic E-state index is 0.127. The molecule has 1 aromatic heterocycles. The van der Waals surface area contributed by atoms with Gasteiger partial charge in [-0.05, 0) is 24.3 Å². The van der Waals surface area contributed by atoms with E-state index in [-0.39, 0.29) is 28.2 Å². The molecule has 0 unspecified atom stereocenters.